The maximum atomic E-state index is 12.1. The van der Waals surface area contributed by atoms with Gasteiger partial charge in [-0.05, 0) is 46.3 Å². The van der Waals surface area contributed by atoms with Gasteiger partial charge in [0.2, 0.25) is 5.91 Å². The number of hydrogen-bond donors (Lipinski definition) is 3. The molecule has 2 aliphatic rings. The SMILES string of the molecule is COc1cccc(OC)c1-c1nc2c(N[C@H]3[C@@H](C(N)=O)[C@@H]4C=C[C@H]3C4)c(Br)cnc2[nH]1. The maximum absolute atomic E-state index is 12.1. The summed E-state index contributed by atoms with van der Waals surface area (Å²) in [5.41, 5.74) is 8.50. The molecule has 0 unspecified atom stereocenters. The van der Waals surface area contributed by atoms with Crippen LogP contribution in [-0.2, 0) is 4.79 Å². The molecule has 5 rings (SSSR count). The number of benzene rings is 1. The van der Waals surface area contributed by atoms with Crippen molar-refractivity contribution in [3.63, 3.8) is 0 Å². The van der Waals surface area contributed by atoms with Crippen molar-refractivity contribution in [3.8, 4) is 22.9 Å². The van der Waals surface area contributed by atoms with Crippen molar-refractivity contribution in [1.29, 1.82) is 0 Å². The minimum absolute atomic E-state index is 0.0876. The lowest BCUT2D eigenvalue weighted by Crippen LogP contribution is -2.41. The number of hydrogen-bond acceptors (Lipinski definition) is 6. The Balaban J connectivity index is 1.60. The van der Waals surface area contributed by atoms with E-state index in [2.05, 4.69) is 43.4 Å². The predicted octanol–water partition coefficient (Wildman–Crippen LogP) is 3.49. The van der Waals surface area contributed by atoms with E-state index in [4.69, 9.17) is 20.2 Å². The Labute approximate surface area is 187 Å². The van der Waals surface area contributed by atoms with Crippen LogP contribution in [0.1, 0.15) is 6.42 Å². The van der Waals surface area contributed by atoms with Gasteiger partial charge in [-0.15, -0.1) is 0 Å². The highest BCUT2D eigenvalue weighted by Crippen LogP contribution is 2.46. The second-order valence-electron chi connectivity index (χ2n) is 7.85. The second-order valence-corrected chi connectivity index (χ2v) is 8.70. The van der Waals surface area contributed by atoms with E-state index >= 15 is 0 Å². The van der Waals surface area contributed by atoms with Gasteiger partial charge in [-0.1, -0.05) is 18.2 Å². The van der Waals surface area contributed by atoms with Crippen molar-refractivity contribution in [1.82, 2.24) is 15.0 Å². The van der Waals surface area contributed by atoms with Gasteiger partial charge in [0, 0.05) is 12.2 Å². The van der Waals surface area contributed by atoms with Crippen molar-refractivity contribution >= 4 is 38.7 Å². The molecule has 1 fully saturated rings. The molecule has 160 valence electrons. The Morgan fingerprint density at radius 1 is 1.23 bits per heavy atom. The number of aromatic amines is 1. The number of carbonyl (C=O) groups is 1. The van der Waals surface area contributed by atoms with Crippen LogP contribution in [0.4, 0.5) is 5.69 Å². The molecule has 0 spiro atoms. The van der Waals surface area contributed by atoms with Crippen molar-refractivity contribution < 1.29 is 14.3 Å². The van der Waals surface area contributed by atoms with Crippen LogP contribution >= 0.6 is 15.9 Å². The quantitative estimate of drug-likeness (QED) is 0.462. The topological polar surface area (TPSA) is 115 Å². The number of nitrogens with two attached hydrogens (primary N) is 1. The number of fused-ring (bicyclic) bond motifs is 3. The third-order valence-corrected chi connectivity index (χ3v) is 6.83. The largest absolute Gasteiger partial charge is 0.496 e. The number of allylic oxidation sites excluding steroid dienone is 1. The number of nitrogens with zero attached hydrogens (tertiary/aromatic N) is 2. The molecule has 2 aliphatic carbocycles. The summed E-state index contributed by atoms with van der Waals surface area (Å²) < 4.78 is 11.8. The summed E-state index contributed by atoms with van der Waals surface area (Å²) in [5.74, 6) is 1.76. The molecule has 1 amide bonds. The van der Waals surface area contributed by atoms with Crippen LogP contribution in [0.5, 0.6) is 11.5 Å². The van der Waals surface area contributed by atoms with Gasteiger partial charge in [0.1, 0.15) is 28.4 Å². The number of H-pyrrole nitrogens is 1. The van der Waals surface area contributed by atoms with Gasteiger partial charge >= 0.3 is 0 Å². The lowest BCUT2D eigenvalue weighted by molar-refractivity contribution is -0.122. The molecular formula is C22H22BrN5O3. The zero-order valence-electron chi connectivity index (χ0n) is 17.1. The zero-order chi connectivity index (χ0) is 21.7. The monoisotopic (exact) mass is 483 g/mol. The smallest absolute Gasteiger partial charge is 0.223 e. The van der Waals surface area contributed by atoms with Crippen LogP contribution in [0.2, 0.25) is 0 Å². The standard InChI is InChI=1S/C22H22BrN5O3/c1-30-13-4-3-5-14(31-2)16(13)21-27-19-18(12(23)9-25-22(19)28-21)26-17-11-7-6-10(8-11)15(17)20(24)29/h3-7,9-11,15,17H,8H2,1-2H3,(H2,24,29)(H2,25,26,27,28)/t10-,11+,15+,17-/m1/s1. The number of carbonyl (C=O) groups excluding carboxylic acids is 1. The fraction of sp³-hybridized carbons (Fsp3) is 0.318. The van der Waals surface area contributed by atoms with Gasteiger partial charge in [0.15, 0.2) is 5.65 Å². The van der Waals surface area contributed by atoms with E-state index in [0.29, 0.717) is 34.1 Å². The molecule has 4 atom stereocenters. The highest BCUT2D eigenvalue weighted by molar-refractivity contribution is 9.10. The number of halogens is 1. The molecule has 0 radical (unpaired) electrons. The molecule has 1 aromatic carbocycles. The van der Waals surface area contributed by atoms with Crippen molar-refractivity contribution in [2.75, 3.05) is 19.5 Å². The highest BCUT2D eigenvalue weighted by Gasteiger charge is 2.47. The zero-order valence-corrected chi connectivity index (χ0v) is 18.6. The number of pyridine rings is 1. The molecule has 2 bridgehead atoms. The lowest BCUT2D eigenvalue weighted by Gasteiger charge is -2.28. The first kappa shape index (κ1) is 19.9. The molecule has 4 N–H and O–H groups in total. The Morgan fingerprint density at radius 2 is 1.94 bits per heavy atom. The van der Waals surface area contributed by atoms with E-state index in [1.807, 2.05) is 18.2 Å². The average Bonchev–Trinajstić information content (AvgIpc) is 3.49. The molecule has 9 heteroatoms. The summed E-state index contributed by atoms with van der Waals surface area (Å²) in [7, 11) is 3.21. The van der Waals surface area contributed by atoms with Crippen LogP contribution in [-0.4, -0.2) is 41.1 Å². The maximum Gasteiger partial charge on any atom is 0.223 e. The van der Waals surface area contributed by atoms with Crippen LogP contribution in [0.25, 0.3) is 22.6 Å². The fourth-order valence-corrected chi connectivity index (χ4v) is 5.25. The molecule has 1 saturated carbocycles. The van der Waals surface area contributed by atoms with E-state index in [1.54, 1.807) is 20.4 Å². The Kier molecular flexibility index (Phi) is 4.85. The van der Waals surface area contributed by atoms with Crippen LogP contribution in [0, 0.1) is 17.8 Å². The van der Waals surface area contributed by atoms with Gasteiger partial charge in [-0.2, -0.15) is 0 Å². The number of rotatable bonds is 6. The van der Waals surface area contributed by atoms with Gasteiger partial charge in [0.25, 0.3) is 0 Å². The minimum Gasteiger partial charge on any atom is -0.496 e. The molecule has 2 heterocycles. The number of nitrogens with one attached hydrogen (secondary N) is 2. The molecule has 0 aliphatic heterocycles. The summed E-state index contributed by atoms with van der Waals surface area (Å²) in [6.45, 7) is 0. The number of methoxy groups -OCH3 is 2. The van der Waals surface area contributed by atoms with Crippen LogP contribution < -0.4 is 20.5 Å². The minimum atomic E-state index is -0.280. The van der Waals surface area contributed by atoms with E-state index in [-0.39, 0.29) is 29.7 Å². The third-order valence-electron chi connectivity index (χ3n) is 6.23. The molecule has 8 nitrogen and oxygen atoms in total. The number of imidazole rings is 1. The molecule has 0 saturated heterocycles. The van der Waals surface area contributed by atoms with Gasteiger partial charge in [-0.3, -0.25) is 4.79 Å². The predicted molar refractivity (Wildman–Crippen MR) is 121 cm³/mol. The molecule has 2 aromatic heterocycles. The van der Waals surface area contributed by atoms with Crippen molar-refractivity contribution in [2.24, 2.45) is 23.5 Å². The number of anilines is 1. The molecular weight excluding hydrogens is 462 g/mol. The van der Waals surface area contributed by atoms with Crippen molar-refractivity contribution in [3.05, 3.63) is 41.0 Å². The van der Waals surface area contributed by atoms with E-state index in [9.17, 15) is 4.79 Å². The van der Waals surface area contributed by atoms with E-state index in [1.165, 1.54) is 0 Å². The summed E-state index contributed by atoms with van der Waals surface area (Å²) in [4.78, 5) is 24.7. The number of aromatic nitrogens is 3. The summed E-state index contributed by atoms with van der Waals surface area (Å²) in [6, 6.07) is 5.48. The van der Waals surface area contributed by atoms with Crippen LogP contribution in [0.15, 0.2) is 41.0 Å². The first-order chi connectivity index (χ1) is 15.0. The Hall–Kier alpha value is -3.07. The number of ether oxygens (including phenoxy) is 2. The van der Waals surface area contributed by atoms with Crippen molar-refractivity contribution in [2.45, 2.75) is 12.5 Å². The molecule has 3 aromatic rings. The third kappa shape index (κ3) is 3.15. The second kappa shape index (κ2) is 7.56. The fourth-order valence-electron chi connectivity index (χ4n) is 4.84. The first-order valence-corrected chi connectivity index (χ1v) is 10.8. The highest BCUT2D eigenvalue weighted by atomic mass is 79.9. The Bertz CT molecular complexity index is 1190. The van der Waals surface area contributed by atoms with Gasteiger partial charge in [-0.25, -0.2) is 9.97 Å². The summed E-state index contributed by atoms with van der Waals surface area (Å²) in [6.07, 6.45) is 6.93. The lowest BCUT2D eigenvalue weighted by atomic mass is 9.88. The van der Waals surface area contributed by atoms with E-state index < -0.39 is 0 Å². The van der Waals surface area contributed by atoms with Crippen LogP contribution in [0.3, 0.4) is 0 Å². The van der Waals surface area contributed by atoms with Gasteiger partial charge < -0.3 is 25.5 Å². The summed E-state index contributed by atoms with van der Waals surface area (Å²) in [5, 5.41) is 3.55. The Morgan fingerprint density at radius 3 is 2.61 bits per heavy atom. The number of primary amides is 1. The average molecular weight is 484 g/mol. The first-order valence-electron chi connectivity index (χ1n) is 10.0. The number of amides is 1. The van der Waals surface area contributed by atoms with Gasteiger partial charge in [0.05, 0.1) is 30.3 Å². The summed E-state index contributed by atoms with van der Waals surface area (Å²) >= 11 is 3.59. The molecule has 31 heavy (non-hydrogen) atoms. The van der Waals surface area contributed by atoms with E-state index in [0.717, 1.165) is 16.6 Å². The normalized spacial score (nSPS) is 24.0.